The summed E-state index contributed by atoms with van der Waals surface area (Å²) in [6.07, 6.45) is 4.19. The molecule has 3 rings (SSSR count). The number of amides is 1. The van der Waals surface area contributed by atoms with Crippen molar-refractivity contribution in [2.45, 2.75) is 6.42 Å². The van der Waals surface area contributed by atoms with Gasteiger partial charge in [0, 0.05) is 48.0 Å². The molecule has 0 fully saturated rings. The van der Waals surface area contributed by atoms with Crippen molar-refractivity contribution in [1.29, 1.82) is 0 Å². The number of benzene rings is 2. The third kappa shape index (κ3) is 4.50. The van der Waals surface area contributed by atoms with Crippen molar-refractivity contribution in [2.75, 3.05) is 30.4 Å². The lowest BCUT2D eigenvalue weighted by Gasteiger charge is -2.33. The van der Waals surface area contributed by atoms with Crippen LogP contribution in [0.25, 0.3) is 6.08 Å². The molecule has 0 aliphatic carbocycles. The van der Waals surface area contributed by atoms with Gasteiger partial charge in [-0.2, -0.15) is 0 Å². The summed E-state index contributed by atoms with van der Waals surface area (Å²) in [4.78, 5) is 14.3. The Morgan fingerprint density at radius 3 is 2.80 bits per heavy atom. The van der Waals surface area contributed by atoms with Gasteiger partial charge in [-0.05, 0) is 47.9 Å². The van der Waals surface area contributed by atoms with Crippen molar-refractivity contribution < 1.29 is 9.90 Å². The zero-order valence-electron chi connectivity index (χ0n) is 14.1. The predicted octanol–water partition coefficient (Wildman–Crippen LogP) is 3.70. The number of hydrogen-bond donors (Lipinski definition) is 2. The molecule has 2 aromatic carbocycles. The molecule has 4 nitrogen and oxygen atoms in total. The highest BCUT2D eigenvalue weighted by Gasteiger charge is 2.21. The Morgan fingerprint density at radius 1 is 1.32 bits per heavy atom. The lowest BCUT2D eigenvalue weighted by atomic mass is 9.93. The highest BCUT2D eigenvalue weighted by atomic mass is 79.9. The van der Waals surface area contributed by atoms with E-state index in [-0.39, 0.29) is 18.4 Å². The lowest BCUT2D eigenvalue weighted by molar-refractivity contribution is -0.111. The van der Waals surface area contributed by atoms with Gasteiger partial charge in [-0.25, -0.2) is 0 Å². The zero-order chi connectivity index (χ0) is 17.8. The van der Waals surface area contributed by atoms with Crippen molar-refractivity contribution in [3.63, 3.8) is 0 Å². The summed E-state index contributed by atoms with van der Waals surface area (Å²) in [7, 11) is 2.01. The van der Waals surface area contributed by atoms with Crippen molar-refractivity contribution in [1.82, 2.24) is 0 Å². The second-order valence-electron chi connectivity index (χ2n) is 6.35. The summed E-state index contributed by atoms with van der Waals surface area (Å²) in [5.41, 5.74) is 4.06. The van der Waals surface area contributed by atoms with E-state index < -0.39 is 0 Å². The number of fused-ring (bicyclic) bond motifs is 1. The van der Waals surface area contributed by atoms with Gasteiger partial charge in [-0.15, -0.1) is 0 Å². The van der Waals surface area contributed by atoms with Crippen LogP contribution in [0.2, 0.25) is 0 Å². The molecule has 0 spiro atoms. The van der Waals surface area contributed by atoms with Crippen molar-refractivity contribution in [2.24, 2.45) is 5.92 Å². The summed E-state index contributed by atoms with van der Waals surface area (Å²) >= 11 is 3.39. The second kappa shape index (κ2) is 7.85. The number of carbonyl (C=O) groups is 1. The maximum Gasteiger partial charge on any atom is 0.248 e. The number of hydrogen-bond acceptors (Lipinski definition) is 3. The molecule has 2 aromatic rings. The maximum absolute atomic E-state index is 12.1. The molecule has 130 valence electrons. The molecule has 1 heterocycles. The summed E-state index contributed by atoms with van der Waals surface area (Å²) in [5, 5.41) is 12.3. The molecule has 5 heteroatoms. The molecule has 1 amide bonds. The minimum atomic E-state index is -0.158. The summed E-state index contributed by atoms with van der Waals surface area (Å²) < 4.78 is 1.01. The van der Waals surface area contributed by atoms with Crippen LogP contribution in [0, 0.1) is 5.92 Å². The molecule has 1 unspecified atom stereocenters. The SMILES string of the molecule is CN1CC(CO)Cc2ccc(NC(=O)C=Cc3ccc(Br)cc3)cc21. The normalized spacial score (nSPS) is 16.8. The van der Waals surface area contributed by atoms with E-state index >= 15 is 0 Å². The average Bonchev–Trinajstić information content (AvgIpc) is 2.61. The topological polar surface area (TPSA) is 52.6 Å². The van der Waals surface area contributed by atoms with E-state index in [2.05, 4.69) is 26.1 Å². The van der Waals surface area contributed by atoms with E-state index in [9.17, 15) is 9.90 Å². The largest absolute Gasteiger partial charge is 0.396 e. The zero-order valence-corrected chi connectivity index (χ0v) is 15.7. The van der Waals surface area contributed by atoms with Gasteiger partial charge in [0.2, 0.25) is 5.91 Å². The van der Waals surface area contributed by atoms with E-state index in [1.165, 1.54) is 11.6 Å². The van der Waals surface area contributed by atoms with Crippen LogP contribution in [0.4, 0.5) is 11.4 Å². The first-order valence-electron chi connectivity index (χ1n) is 8.24. The Hall–Kier alpha value is -2.11. The Labute approximate surface area is 156 Å². The average molecular weight is 401 g/mol. The molecule has 25 heavy (non-hydrogen) atoms. The fraction of sp³-hybridized carbons (Fsp3) is 0.250. The molecule has 1 aliphatic rings. The molecule has 0 saturated carbocycles. The van der Waals surface area contributed by atoms with Gasteiger partial charge in [0.05, 0.1) is 0 Å². The number of rotatable bonds is 4. The standard InChI is InChI=1S/C20H21BrN2O2/c1-23-12-15(13-24)10-16-5-8-18(11-19(16)23)22-20(25)9-4-14-2-6-17(21)7-3-14/h2-9,11,15,24H,10,12-13H2,1H3,(H,22,25). The van der Waals surface area contributed by atoms with E-state index in [0.29, 0.717) is 0 Å². The fourth-order valence-corrected chi connectivity index (χ4v) is 3.35. The van der Waals surface area contributed by atoms with Gasteiger partial charge in [0.15, 0.2) is 0 Å². The van der Waals surface area contributed by atoms with Gasteiger partial charge in [0.25, 0.3) is 0 Å². The lowest BCUT2D eigenvalue weighted by Crippen LogP contribution is -2.34. The van der Waals surface area contributed by atoms with E-state index in [0.717, 1.165) is 34.4 Å². The number of aliphatic hydroxyl groups is 1. The third-order valence-electron chi connectivity index (χ3n) is 4.36. The van der Waals surface area contributed by atoms with E-state index in [4.69, 9.17) is 0 Å². The number of anilines is 2. The predicted molar refractivity (Wildman–Crippen MR) is 106 cm³/mol. The van der Waals surface area contributed by atoms with Gasteiger partial charge in [-0.1, -0.05) is 34.1 Å². The summed E-state index contributed by atoms with van der Waals surface area (Å²) in [6.45, 7) is 1.02. The van der Waals surface area contributed by atoms with Gasteiger partial charge in [0.1, 0.15) is 0 Å². The molecule has 1 atom stereocenters. The molecule has 0 aromatic heterocycles. The van der Waals surface area contributed by atoms with Crippen LogP contribution in [-0.4, -0.2) is 31.2 Å². The van der Waals surface area contributed by atoms with Gasteiger partial charge >= 0.3 is 0 Å². The first kappa shape index (κ1) is 17.7. The monoisotopic (exact) mass is 400 g/mol. The fourth-order valence-electron chi connectivity index (χ4n) is 3.08. The van der Waals surface area contributed by atoms with Crippen LogP contribution in [-0.2, 0) is 11.2 Å². The number of halogens is 1. The molecule has 0 radical (unpaired) electrons. The van der Waals surface area contributed by atoms with Crippen LogP contribution in [0.3, 0.4) is 0 Å². The first-order chi connectivity index (χ1) is 12.0. The van der Waals surface area contributed by atoms with Crippen molar-refractivity contribution >= 4 is 39.3 Å². The van der Waals surface area contributed by atoms with Crippen LogP contribution in [0.15, 0.2) is 53.0 Å². The molecule has 0 saturated heterocycles. The molecule has 0 bridgehead atoms. The van der Waals surface area contributed by atoms with E-state index in [1.807, 2.05) is 49.5 Å². The summed E-state index contributed by atoms with van der Waals surface area (Å²) in [6, 6.07) is 13.7. The highest BCUT2D eigenvalue weighted by molar-refractivity contribution is 9.10. The Kier molecular flexibility index (Phi) is 5.56. The second-order valence-corrected chi connectivity index (χ2v) is 7.27. The Morgan fingerprint density at radius 2 is 2.08 bits per heavy atom. The Balaban J connectivity index is 1.68. The van der Waals surface area contributed by atoms with Crippen molar-refractivity contribution in [3.8, 4) is 0 Å². The van der Waals surface area contributed by atoms with E-state index in [1.54, 1.807) is 6.08 Å². The third-order valence-corrected chi connectivity index (χ3v) is 4.89. The first-order valence-corrected chi connectivity index (χ1v) is 9.04. The number of carbonyl (C=O) groups excluding carboxylic acids is 1. The van der Waals surface area contributed by atoms with Crippen LogP contribution in [0.1, 0.15) is 11.1 Å². The molecular weight excluding hydrogens is 380 g/mol. The minimum absolute atomic E-state index is 0.158. The van der Waals surface area contributed by atoms with Crippen LogP contribution >= 0.6 is 15.9 Å². The minimum Gasteiger partial charge on any atom is -0.396 e. The smallest absolute Gasteiger partial charge is 0.248 e. The molecular formula is C20H21BrN2O2. The Bertz CT molecular complexity index is 787. The molecule has 2 N–H and O–H groups in total. The number of nitrogens with zero attached hydrogens (tertiary/aromatic N) is 1. The summed E-state index contributed by atoms with van der Waals surface area (Å²) in [5.74, 6) is 0.112. The van der Waals surface area contributed by atoms with Crippen LogP contribution < -0.4 is 10.2 Å². The maximum atomic E-state index is 12.1. The van der Waals surface area contributed by atoms with Crippen molar-refractivity contribution in [3.05, 3.63) is 64.1 Å². The highest BCUT2D eigenvalue weighted by Crippen LogP contribution is 2.31. The van der Waals surface area contributed by atoms with Gasteiger partial charge < -0.3 is 15.3 Å². The number of aliphatic hydroxyl groups excluding tert-OH is 1. The number of nitrogens with one attached hydrogen (secondary N) is 1. The quantitative estimate of drug-likeness (QED) is 0.769. The molecule has 1 aliphatic heterocycles. The van der Waals surface area contributed by atoms with Crippen LogP contribution in [0.5, 0.6) is 0 Å². The van der Waals surface area contributed by atoms with Gasteiger partial charge in [-0.3, -0.25) is 4.79 Å².